The second-order valence-corrected chi connectivity index (χ2v) is 5.70. The van der Waals surface area contributed by atoms with Crippen LogP contribution < -0.4 is 10.2 Å². The molecule has 132 valence electrons. The predicted molar refractivity (Wildman–Crippen MR) is 93.6 cm³/mol. The summed E-state index contributed by atoms with van der Waals surface area (Å²) < 4.78 is 10.4. The maximum absolute atomic E-state index is 12.1. The zero-order valence-electron chi connectivity index (χ0n) is 14.5. The Hall–Kier alpha value is -2.08. The Bertz CT molecular complexity index is 568. The maximum atomic E-state index is 12.1. The van der Waals surface area contributed by atoms with Crippen LogP contribution in [0.2, 0.25) is 0 Å². The van der Waals surface area contributed by atoms with E-state index >= 15 is 0 Å². The van der Waals surface area contributed by atoms with Gasteiger partial charge in [0.1, 0.15) is 0 Å². The summed E-state index contributed by atoms with van der Waals surface area (Å²) in [7, 11) is 0. The number of carbonyl (C=O) groups is 2. The Morgan fingerprint density at radius 3 is 2.67 bits per heavy atom. The minimum Gasteiger partial charge on any atom is -0.462 e. The highest BCUT2D eigenvalue weighted by molar-refractivity contribution is 5.98. The number of anilines is 2. The number of nitrogens with zero attached hydrogens (tertiary/aromatic N) is 1. The Balaban J connectivity index is 2.24. The van der Waals surface area contributed by atoms with Crippen LogP contribution in [-0.4, -0.2) is 44.8 Å². The minimum atomic E-state index is -0.380. The Labute approximate surface area is 143 Å². The molecule has 1 fully saturated rings. The minimum absolute atomic E-state index is 0.0348. The molecule has 1 N–H and O–H groups in total. The standard InChI is InChI=1S/C18H26N2O4/c1-3-5-6-17(21)19-15-13-14(18(22)24-4-2)7-8-16(15)20-9-11-23-12-10-20/h7-8,13H,3-6,9-12H2,1-2H3,(H,19,21). The van der Waals surface area contributed by atoms with Gasteiger partial charge in [-0.05, 0) is 31.5 Å². The monoisotopic (exact) mass is 334 g/mol. The summed E-state index contributed by atoms with van der Waals surface area (Å²) in [5.74, 6) is -0.414. The number of amides is 1. The molecule has 1 amide bonds. The Morgan fingerprint density at radius 2 is 2.00 bits per heavy atom. The Kier molecular flexibility index (Phi) is 7.06. The van der Waals surface area contributed by atoms with Crippen LogP contribution in [0.15, 0.2) is 18.2 Å². The first-order valence-corrected chi connectivity index (χ1v) is 8.59. The second-order valence-electron chi connectivity index (χ2n) is 5.70. The zero-order valence-corrected chi connectivity index (χ0v) is 14.5. The third-order valence-corrected chi connectivity index (χ3v) is 3.89. The van der Waals surface area contributed by atoms with Crippen molar-refractivity contribution in [2.75, 3.05) is 43.1 Å². The van der Waals surface area contributed by atoms with Gasteiger partial charge in [0.25, 0.3) is 0 Å². The van der Waals surface area contributed by atoms with Gasteiger partial charge in [0.05, 0.1) is 36.8 Å². The maximum Gasteiger partial charge on any atom is 0.338 e. The van der Waals surface area contributed by atoms with E-state index in [0.29, 0.717) is 37.5 Å². The van der Waals surface area contributed by atoms with E-state index in [4.69, 9.17) is 9.47 Å². The van der Waals surface area contributed by atoms with Gasteiger partial charge in [-0.25, -0.2) is 4.79 Å². The summed E-state index contributed by atoms with van der Waals surface area (Å²) in [5, 5.41) is 2.95. The quantitative estimate of drug-likeness (QED) is 0.777. The molecule has 0 aliphatic carbocycles. The number of nitrogens with one attached hydrogen (secondary N) is 1. The number of hydrogen-bond donors (Lipinski definition) is 1. The zero-order chi connectivity index (χ0) is 17.4. The second kappa shape index (κ2) is 9.27. The number of ether oxygens (including phenoxy) is 2. The molecule has 24 heavy (non-hydrogen) atoms. The third kappa shape index (κ3) is 4.96. The number of unbranched alkanes of at least 4 members (excludes halogenated alkanes) is 1. The van der Waals surface area contributed by atoms with Crippen LogP contribution >= 0.6 is 0 Å². The van der Waals surface area contributed by atoms with E-state index < -0.39 is 0 Å². The normalized spacial score (nSPS) is 14.3. The molecule has 1 aliphatic rings. The number of benzene rings is 1. The fraction of sp³-hybridized carbons (Fsp3) is 0.556. The van der Waals surface area contributed by atoms with Gasteiger partial charge in [0.15, 0.2) is 0 Å². The highest BCUT2D eigenvalue weighted by Crippen LogP contribution is 2.28. The summed E-state index contributed by atoms with van der Waals surface area (Å²) in [5.41, 5.74) is 2.01. The van der Waals surface area contributed by atoms with Crippen LogP contribution in [0.25, 0.3) is 0 Å². The molecule has 0 spiro atoms. The van der Waals surface area contributed by atoms with Crippen LogP contribution in [0.4, 0.5) is 11.4 Å². The lowest BCUT2D eigenvalue weighted by Gasteiger charge is -2.30. The molecule has 0 radical (unpaired) electrons. The largest absolute Gasteiger partial charge is 0.462 e. The van der Waals surface area contributed by atoms with E-state index in [-0.39, 0.29) is 11.9 Å². The van der Waals surface area contributed by atoms with Crippen molar-refractivity contribution in [2.45, 2.75) is 33.1 Å². The summed E-state index contributed by atoms with van der Waals surface area (Å²) in [6, 6.07) is 5.31. The van der Waals surface area contributed by atoms with E-state index in [0.717, 1.165) is 31.6 Å². The molecule has 0 aromatic heterocycles. The highest BCUT2D eigenvalue weighted by Gasteiger charge is 2.18. The van der Waals surface area contributed by atoms with E-state index in [1.807, 2.05) is 13.0 Å². The van der Waals surface area contributed by atoms with Gasteiger partial charge < -0.3 is 19.7 Å². The molecule has 1 aromatic carbocycles. The smallest absolute Gasteiger partial charge is 0.338 e. The SMILES string of the molecule is CCCCC(=O)Nc1cc(C(=O)OCC)ccc1N1CCOCC1. The molecule has 1 aliphatic heterocycles. The van der Waals surface area contributed by atoms with Crippen molar-refractivity contribution in [1.82, 2.24) is 0 Å². The van der Waals surface area contributed by atoms with E-state index in [1.165, 1.54) is 0 Å². The lowest BCUT2D eigenvalue weighted by molar-refractivity contribution is -0.116. The summed E-state index contributed by atoms with van der Waals surface area (Å²) in [6.45, 7) is 6.97. The van der Waals surface area contributed by atoms with Crippen LogP contribution in [0, 0.1) is 0 Å². The number of morpholine rings is 1. The molecule has 0 unspecified atom stereocenters. The van der Waals surface area contributed by atoms with Gasteiger partial charge >= 0.3 is 5.97 Å². The predicted octanol–water partition coefficient (Wildman–Crippen LogP) is 2.83. The van der Waals surface area contributed by atoms with E-state index in [9.17, 15) is 9.59 Å². The summed E-state index contributed by atoms with van der Waals surface area (Å²) in [6.07, 6.45) is 2.28. The summed E-state index contributed by atoms with van der Waals surface area (Å²) in [4.78, 5) is 26.3. The molecule has 0 bridgehead atoms. The first-order chi connectivity index (χ1) is 11.7. The van der Waals surface area contributed by atoms with Crippen LogP contribution in [0.1, 0.15) is 43.5 Å². The molecule has 1 heterocycles. The molecule has 0 atom stereocenters. The topological polar surface area (TPSA) is 67.9 Å². The van der Waals surface area contributed by atoms with Crippen molar-refractivity contribution in [3.63, 3.8) is 0 Å². The lowest BCUT2D eigenvalue weighted by atomic mass is 10.1. The average Bonchev–Trinajstić information content (AvgIpc) is 2.61. The lowest BCUT2D eigenvalue weighted by Crippen LogP contribution is -2.36. The summed E-state index contributed by atoms with van der Waals surface area (Å²) >= 11 is 0. The van der Waals surface area contributed by atoms with E-state index in [2.05, 4.69) is 10.2 Å². The van der Waals surface area contributed by atoms with Crippen molar-refractivity contribution >= 4 is 23.3 Å². The molecule has 1 saturated heterocycles. The van der Waals surface area contributed by atoms with Crippen molar-refractivity contribution < 1.29 is 19.1 Å². The Morgan fingerprint density at radius 1 is 1.25 bits per heavy atom. The molecule has 6 heteroatoms. The third-order valence-electron chi connectivity index (χ3n) is 3.89. The first-order valence-electron chi connectivity index (χ1n) is 8.59. The van der Waals surface area contributed by atoms with Gasteiger partial charge in [-0.1, -0.05) is 13.3 Å². The van der Waals surface area contributed by atoms with Crippen LogP contribution in [-0.2, 0) is 14.3 Å². The van der Waals surface area contributed by atoms with Crippen molar-refractivity contribution in [3.8, 4) is 0 Å². The molecule has 2 rings (SSSR count). The molecular weight excluding hydrogens is 308 g/mol. The molecular formula is C18H26N2O4. The fourth-order valence-electron chi connectivity index (χ4n) is 2.61. The van der Waals surface area contributed by atoms with E-state index in [1.54, 1.807) is 19.1 Å². The van der Waals surface area contributed by atoms with Crippen LogP contribution in [0.5, 0.6) is 0 Å². The van der Waals surface area contributed by atoms with Gasteiger partial charge in [-0.15, -0.1) is 0 Å². The van der Waals surface area contributed by atoms with Crippen molar-refractivity contribution in [2.24, 2.45) is 0 Å². The number of carbonyl (C=O) groups excluding carboxylic acids is 2. The van der Waals surface area contributed by atoms with Crippen molar-refractivity contribution in [1.29, 1.82) is 0 Å². The van der Waals surface area contributed by atoms with Crippen LogP contribution in [0.3, 0.4) is 0 Å². The molecule has 0 saturated carbocycles. The molecule has 1 aromatic rings. The van der Waals surface area contributed by atoms with Crippen molar-refractivity contribution in [3.05, 3.63) is 23.8 Å². The first kappa shape index (κ1) is 18.3. The highest BCUT2D eigenvalue weighted by atomic mass is 16.5. The number of hydrogen-bond acceptors (Lipinski definition) is 5. The number of esters is 1. The average molecular weight is 334 g/mol. The van der Waals surface area contributed by atoms with Gasteiger partial charge in [0, 0.05) is 19.5 Å². The molecule has 6 nitrogen and oxygen atoms in total. The van der Waals surface area contributed by atoms with Gasteiger partial charge in [0.2, 0.25) is 5.91 Å². The number of rotatable bonds is 7. The van der Waals surface area contributed by atoms with Gasteiger partial charge in [-0.2, -0.15) is 0 Å². The van der Waals surface area contributed by atoms with Gasteiger partial charge in [-0.3, -0.25) is 4.79 Å². The fourth-order valence-corrected chi connectivity index (χ4v) is 2.61.